The maximum absolute atomic E-state index is 6.26. The van der Waals surface area contributed by atoms with Crippen LogP contribution in [0.4, 0.5) is 5.69 Å². The van der Waals surface area contributed by atoms with Gasteiger partial charge in [-0.05, 0) is 55.8 Å². The first kappa shape index (κ1) is 18.2. The summed E-state index contributed by atoms with van der Waals surface area (Å²) in [4.78, 5) is 4.67. The molecule has 3 rings (SSSR count). The molecule has 0 saturated carbocycles. The predicted molar refractivity (Wildman–Crippen MR) is 110 cm³/mol. The van der Waals surface area contributed by atoms with Gasteiger partial charge in [0.1, 0.15) is 0 Å². The largest absolute Gasteiger partial charge is 0.344 e. The van der Waals surface area contributed by atoms with Gasteiger partial charge in [0.2, 0.25) is 0 Å². The second kappa shape index (κ2) is 8.65. The van der Waals surface area contributed by atoms with Crippen molar-refractivity contribution in [3.8, 4) is 0 Å². The van der Waals surface area contributed by atoms with Gasteiger partial charge in [0.25, 0.3) is 0 Å². The highest BCUT2D eigenvalue weighted by molar-refractivity contribution is 7.80. The molecule has 1 aliphatic heterocycles. The van der Waals surface area contributed by atoms with Gasteiger partial charge in [0.15, 0.2) is 5.11 Å². The van der Waals surface area contributed by atoms with E-state index in [-0.39, 0.29) is 6.04 Å². The summed E-state index contributed by atoms with van der Waals surface area (Å²) in [6, 6.07) is 18.5. The van der Waals surface area contributed by atoms with Gasteiger partial charge in [-0.2, -0.15) is 0 Å². The molecular weight excluding hydrogens is 350 g/mol. The van der Waals surface area contributed by atoms with Crippen LogP contribution in [0.3, 0.4) is 0 Å². The number of likely N-dealkylation sites (tertiary alicyclic amines) is 1. The van der Waals surface area contributed by atoms with Crippen LogP contribution in [0.15, 0.2) is 54.6 Å². The third-order valence-electron chi connectivity index (χ3n) is 4.72. The number of nitrogens with zero attached hydrogens (tertiary/aromatic N) is 2. The predicted octanol–water partition coefficient (Wildman–Crippen LogP) is 4.81. The summed E-state index contributed by atoms with van der Waals surface area (Å²) in [5.74, 6) is 0. The highest BCUT2D eigenvalue weighted by atomic mass is 35.5. The lowest BCUT2D eigenvalue weighted by atomic mass is 10.1. The smallest absolute Gasteiger partial charge is 0.173 e. The van der Waals surface area contributed by atoms with Gasteiger partial charge in [-0.15, -0.1) is 0 Å². The summed E-state index contributed by atoms with van der Waals surface area (Å²) < 4.78 is 0. The van der Waals surface area contributed by atoms with Crippen molar-refractivity contribution < 1.29 is 0 Å². The molecule has 5 heteroatoms. The molecule has 1 heterocycles. The molecule has 0 aliphatic carbocycles. The fraction of sp³-hybridized carbons (Fsp3) is 0.350. The number of hydrogen-bond donors (Lipinski definition) is 1. The molecule has 0 aromatic heterocycles. The van der Waals surface area contributed by atoms with Crippen molar-refractivity contribution in [3.05, 3.63) is 65.2 Å². The molecule has 3 nitrogen and oxygen atoms in total. The van der Waals surface area contributed by atoms with Crippen molar-refractivity contribution >= 4 is 34.6 Å². The van der Waals surface area contributed by atoms with Crippen molar-refractivity contribution in [2.45, 2.75) is 18.9 Å². The van der Waals surface area contributed by atoms with E-state index in [1.54, 1.807) is 0 Å². The fourth-order valence-electron chi connectivity index (χ4n) is 3.24. The van der Waals surface area contributed by atoms with Crippen LogP contribution < -0.4 is 5.32 Å². The Hall–Kier alpha value is -1.62. The van der Waals surface area contributed by atoms with Crippen LogP contribution >= 0.6 is 23.8 Å². The lowest BCUT2D eigenvalue weighted by molar-refractivity contribution is 0.244. The first-order valence-electron chi connectivity index (χ1n) is 8.71. The van der Waals surface area contributed by atoms with Crippen LogP contribution in [-0.2, 0) is 0 Å². The molecule has 1 fully saturated rings. The lowest BCUT2D eigenvalue weighted by Crippen LogP contribution is -2.40. The third kappa shape index (κ3) is 4.72. The van der Waals surface area contributed by atoms with Crippen molar-refractivity contribution in [1.82, 2.24) is 9.80 Å². The van der Waals surface area contributed by atoms with E-state index in [0.717, 1.165) is 12.2 Å². The van der Waals surface area contributed by atoms with E-state index < -0.39 is 0 Å². The van der Waals surface area contributed by atoms with Crippen LogP contribution in [0.5, 0.6) is 0 Å². The van der Waals surface area contributed by atoms with Gasteiger partial charge in [-0.3, -0.25) is 0 Å². The highest BCUT2D eigenvalue weighted by Gasteiger charge is 2.24. The molecule has 2 aromatic carbocycles. The molecule has 1 aliphatic rings. The quantitative estimate of drug-likeness (QED) is 0.758. The minimum absolute atomic E-state index is 0.210. The zero-order chi connectivity index (χ0) is 17.6. The van der Waals surface area contributed by atoms with Crippen molar-refractivity contribution in [2.75, 3.05) is 32.0 Å². The van der Waals surface area contributed by atoms with Gasteiger partial charge in [0.05, 0.1) is 16.8 Å². The molecule has 0 spiro atoms. The van der Waals surface area contributed by atoms with Gasteiger partial charge >= 0.3 is 0 Å². The molecular formula is C20H24ClN3S. The summed E-state index contributed by atoms with van der Waals surface area (Å²) in [5.41, 5.74) is 2.12. The number of thiocarbonyl (C=S) groups is 1. The number of benzene rings is 2. The summed E-state index contributed by atoms with van der Waals surface area (Å²) in [7, 11) is 2.06. The van der Waals surface area contributed by atoms with Gasteiger partial charge < -0.3 is 15.1 Å². The summed E-state index contributed by atoms with van der Waals surface area (Å²) in [6.07, 6.45) is 2.57. The second-order valence-corrected chi connectivity index (χ2v) is 7.25. The van der Waals surface area contributed by atoms with Crippen LogP contribution in [0.1, 0.15) is 24.4 Å². The van der Waals surface area contributed by atoms with Crippen molar-refractivity contribution in [2.24, 2.45) is 0 Å². The molecule has 25 heavy (non-hydrogen) atoms. The van der Waals surface area contributed by atoms with E-state index >= 15 is 0 Å². The molecule has 0 bridgehead atoms. The Kier molecular flexibility index (Phi) is 6.29. The van der Waals surface area contributed by atoms with E-state index in [0.29, 0.717) is 10.1 Å². The standard InChI is InChI=1S/C20H24ClN3S/c1-23(20(25)22-18-12-6-5-11-17(18)21)19(15-24-13-7-8-14-24)16-9-3-2-4-10-16/h2-6,9-12,19H,7-8,13-15H2,1H3,(H,22,25)/t19-/m1/s1. The normalized spacial score (nSPS) is 15.8. The Morgan fingerprint density at radius 3 is 2.44 bits per heavy atom. The van der Waals surface area contributed by atoms with Gasteiger partial charge in [-0.1, -0.05) is 54.1 Å². The maximum atomic E-state index is 6.26. The first-order chi connectivity index (χ1) is 12.1. The van der Waals surface area contributed by atoms with Crippen LogP contribution in [-0.4, -0.2) is 41.6 Å². The molecule has 0 radical (unpaired) electrons. The molecule has 2 aromatic rings. The zero-order valence-corrected chi connectivity index (χ0v) is 16.1. The minimum atomic E-state index is 0.210. The minimum Gasteiger partial charge on any atom is -0.344 e. The van der Waals surface area contributed by atoms with E-state index in [4.69, 9.17) is 23.8 Å². The van der Waals surface area contributed by atoms with Crippen LogP contribution in [0.25, 0.3) is 0 Å². The molecule has 0 amide bonds. The number of anilines is 1. The Balaban J connectivity index is 1.76. The average Bonchev–Trinajstić information content (AvgIpc) is 3.15. The monoisotopic (exact) mass is 373 g/mol. The first-order valence-corrected chi connectivity index (χ1v) is 9.49. The average molecular weight is 374 g/mol. The summed E-state index contributed by atoms with van der Waals surface area (Å²) in [6.45, 7) is 3.31. The lowest BCUT2D eigenvalue weighted by Gasteiger charge is -2.34. The van der Waals surface area contributed by atoms with Crippen molar-refractivity contribution in [1.29, 1.82) is 0 Å². The van der Waals surface area contributed by atoms with E-state index in [9.17, 15) is 0 Å². The summed E-state index contributed by atoms with van der Waals surface area (Å²) >= 11 is 11.9. The Bertz CT molecular complexity index is 701. The third-order valence-corrected chi connectivity index (χ3v) is 5.44. The van der Waals surface area contributed by atoms with Gasteiger partial charge in [-0.25, -0.2) is 0 Å². The molecule has 132 valence electrons. The van der Waals surface area contributed by atoms with E-state index in [1.807, 2.05) is 24.3 Å². The maximum Gasteiger partial charge on any atom is 0.173 e. The topological polar surface area (TPSA) is 18.5 Å². The van der Waals surface area contributed by atoms with Crippen molar-refractivity contribution in [3.63, 3.8) is 0 Å². The number of nitrogens with one attached hydrogen (secondary N) is 1. The molecule has 1 N–H and O–H groups in total. The number of halogens is 1. The Labute approximate surface area is 160 Å². The SMILES string of the molecule is CN(C(=S)Nc1ccccc1Cl)[C@H](CN1CCCC1)c1ccccc1. The Morgan fingerprint density at radius 1 is 1.12 bits per heavy atom. The number of likely N-dealkylation sites (N-methyl/N-ethyl adjacent to an activating group) is 1. The number of para-hydroxylation sites is 1. The summed E-state index contributed by atoms with van der Waals surface area (Å²) in [5, 5.41) is 4.65. The molecule has 1 atom stereocenters. The van der Waals surface area contributed by atoms with Crippen LogP contribution in [0, 0.1) is 0 Å². The fourth-order valence-corrected chi connectivity index (χ4v) is 3.66. The second-order valence-electron chi connectivity index (χ2n) is 6.46. The molecule has 1 saturated heterocycles. The van der Waals surface area contributed by atoms with Crippen LogP contribution in [0.2, 0.25) is 5.02 Å². The van der Waals surface area contributed by atoms with Gasteiger partial charge in [0, 0.05) is 13.6 Å². The number of rotatable bonds is 5. The highest BCUT2D eigenvalue weighted by Crippen LogP contribution is 2.25. The zero-order valence-electron chi connectivity index (χ0n) is 14.5. The molecule has 0 unspecified atom stereocenters. The van der Waals surface area contributed by atoms with E-state index in [2.05, 4.69) is 52.5 Å². The van der Waals surface area contributed by atoms with E-state index in [1.165, 1.54) is 31.5 Å². The number of hydrogen-bond acceptors (Lipinski definition) is 2. The Morgan fingerprint density at radius 2 is 1.76 bits per heavy atom.